The third-order valence-electron chi connectivity index (χ3n) is 7.45. The molecule has 1 N–H and O–H groups in total. The Morgan fingerprint density at radius 1 is 0.978 bits per heavy atom. The molecule has 0 radical (unpaired) electrons. The molecule has 2 aromatic heterocycles. The Kier molecular flexibility index (Phi) is 10.0. The van der Waals surface area contributed by atoms with E-state index < -0.39 is 29.0 Å². The van der Waals surface area contributed by atoms with E-state index in [-0.39, 0.29) is 19.8 Å². The van der Waals surface area contributed by atoms with Crippen molar-refractivity contribution < 1.29 is 27.4 Å². The van der Waals surface area contributed by atoms with Crippen molar-refractivity contribution in [2.45, 2.75) is 51.9 Å². The third kappa shape index (κ3) is 7.78. The minimum Gasteiger partial charge on any atom is -0.497 e. The number of rotatable bonds is 12. The molecule has 1 atom stereocenters. The van der Waals surface area contributed by atoms with Gasteiger partial charge < -0.3 is 19.5 Å². The fraction of sp³-hybridized carbons (Fsp3) is 0.387. The minimum atomic E-state index is -4.89. The van der Waals surface area contributed by atoms with Crippen molar-refractivity contribution in [2.24, 2.45) is 0 Å². The van der Waals surface area contributed by atoms with E-state index in [1.165, 1.54) is 7.11 Å². The van der Waals surface area contributed by atoms with Crippen LogP contribution in [0.4, 0.5) is 18.9 Å². The fourth-order valence-electron chi connectivity index (χ4n) is 5.14. The van der Waals surface area contributed by atoms with Gasteiger partial charge in [0.2, 0.25) is 0 Å². The van der Waals surface area contributed by atoms with E-state index >= 15 is 0 Å². The highest BCUT2D eigenvalue weighted by molar-refractivity contribution is 6.31. The Morgan fingerprint density at radius 3 is 2.20 bits per heavy atom. The summed E-state index contributed by atoms with van der Waals surface area (Å²) < 4.78 is 60.9. The summed E-state index contributed by atoms with van der Waals surface area (Å²) in [4.78, 5) is 15.2. The summed E-state index contributed by atoms with van der Waals surface area (Å²) in [5.41, 5.74) is 0.229. The number of nitrogens with zero attached hydrogens (tertiary/aromatic N) is 5. The number of anilines is 1. The van der Waals surface area contributed by atoms with Gasteiger partial charge in [-0.25, -0.2) is 4.68 Å². The maximum absolute atomic E-state index is 14.0. The molecule has 0 fully saturated rings. The Labute approximate surface area is 263 Å². The molecule has 0 saturated carbocycles. The van der Waals surface area contributed by atoms with Crippen LogP contribution in [0, 0.1) is 0 Å². The Morgan fingerprint density at radius 2 is 1.60 bits per heavy atom. The summed E-state index contributed by atoms with van der Waals surface area (Å²) in [6.45, 7) is 4.48. The van der Waals surface area contributed by atoms with Crippen molar-refractivity contribution in [3.05, 3.63) is 98.2 Å². The van der Waals surface area contributed by atoms with Crippen molar-refractivity contribution >= 4 is 17.3 Å². The SMILES string of the molecule is COc1ccc(CN2CCn3nc(COC[C@H](C)Nc4cnn(Cc5ccc(OC)cc5)c(=O)c4C(F)(F)F)c(Cl)c3C2)cc1. The Bertz CT molecular complexity index is 1660. The first kappa shape index (κ1) is 32.3. The highest BCUT2D eigenvalue weighted by Crippen LogP contribution is 2.32. The van der Waals surface area contributed by atoms with Gasteiger partial charge in [-0.1, -0.05) is 35.9 Å². The van der Waals surface area contributed by atoms with Crippen LogP contribution in [0.2, 0.25) is 5.02 Å². The third-order valence-corrected chi connectivity index (χ3v) is 7.89. The van der Waals surface area contributed by atoms with Crippen LogP contribution in [0.25, 0.3) is 0 Å². The quantitative estimate of drug-likeness (QED) is 0.224. The number of hydrogen-bond acceptors (Lipinski definition) is 8. The summed E-state index contributed by atoms with van der Waals surface area (Å²) in [5.74, 6) is 1.39. The van der Waals surface area contributed by atoms with Crippen molar-refractivity contribution in [1.82, 2.24) is 24.5 Å². The van der Waals surface area contributed by atoms with Gasteiger partial charge in [0.15, 0.2) is 0 Å². The zero-order valence-electron chi connectivity index (χ0n) is 25.1. The predicted octanol–water partition coefficient (Wildman–Crippen LogP) is 5.21. The molecule has 4 aromatic rings. The van der Waals surface area contributed by atoms with Gasteiger partial charge in [-0.2, -0.15) is 23.4 Å². The van der Waals surface area contributed by atoms with Gasteiger partial charge in [-0.3, -0.25) is 14.4 Å². The van der Waals surface area contributed by atoms with Crippen molar-refractivity contribution in [2.75, 3.05) is 32.7 Å². The molecule has 2 aromatic carbocycles. The van der Waals surface area contributed by atoms with Gasteiger partial charge in [0.25, 0.3) is 5.56 Å². The average molecular weight is 647 g/mol. The average Bonchev–Trinajstić information content (AvgIpc) is 3.33. The molecular formula is C31H34ClF3N6O4. The Hall–Kier alpha value is -4.07. The van der Waals surface area contributed by atoms with Crippen LogP contribution in [0.15, 0.2) is 59.5 Å². The molecular weight excluding hydrogens is 613 g/mol. The van der Waals surface area contributed by atoms with Gasteiger partial charge >= 0.3 is 6.18 Å². The molecule has 1 aliphatic heterocycles. The standard InChI is InChI=1S/C31H34ClF3N6O4/c1-20(37-25-14-36-41(30(42)28(25)31(33,34)35)16-22-6-10-24(44-3)11-7-22)18-45-19-26-29(32)27-17-39(12-13-40(27)38-26)15-21-4-8-23(43-2)9-5-21/h4-11,14,20,37H,12-13,15-19H2,1-3H3/t20-/m0/s1. The number of ether oxygens (including phenoxy) is 3. The van der Waals surface area contributed by atoms with Crippen molar-refractivity contribution in [3.63, 3.8) is 0 Å². The second-order valence-electron chi connectivity index (χ2n) is 10.8. The van der Waals surface area contributed by atoms with Crippen LogP contribution in [0.5, 0.6) is 11.5 Å². The first-order chi connectivity index (χ1) is 21.5. The van der Waals surface area contributed by atoms with Crippen LogP contribution in [0.3, 0.4) is 0 Å². The number of halogens is 4. The maximum Gasteiger partial charge on any atom is 0.423 e. The molecule has 0 aliphatic carbocycles. The van der Waals surface area contributed by atoms with Crippen LogP contribution in [-0.4, -0.2) is 57.9 Å². The molecule has 5 rings (SSSR count). The molecule has 1 aliphatic rings. The number of nitrogens with one attached hydrogen (secondary N) is 1. The number of methoxy groups -OCH3 is 2. The second kappa shape index (κ2) is 13.9. The molecule has 45 heavy (non-hydrogen) atoms. The number of alkyl halides is 3. The first-order valence-corrected chi connectivity index (χ1v) is 14.7. The molecule has 0 amide bonds. The molecule has 0 unspecified atom stereocenters. The van der Waals surface area contributed by atoms with Crippen LogP contribution in [-0.2, 0) is 43.7 Å². The molecule has 14 heteroatoms. The Balaban J connectivity index is 1.19. The summed E-state index contributed by atoms with van der Waals surface area (Å²) in [6, 6.07) is 14.0. The van der Waals surface area contributed by atoms with E-state index in [4.69, 9.17) is 25.8 Å². The van der Waals surface area contributed by atoms with Crippen molar-refractivity contribution in [3.8, 4) is 11.5 Å². The van der Waals surface area contributed by atoms with E-state index in [1.807, 2.05) is 28.9 Å². The number of benzene rings is 2. The molecule has 0 bridgehead atoms. The topological polar surface area (TPSA) is 95.7 Å². The highest BCUT2D eigenvalue weighted by atomic mass is 35.5. The van der Waals surface area contributed by atoms with Crippen LogP contribution < -0.4 is 20.3 Å². The lowest BCUT2D eigenvalue weighted by Crippen LogP contribution is -2.34. The molecule has 0 saturated heterocycles. The van der Waals surface area contributed by atoms with Crippen LogP contribution >= 0.6 is 11.6 Å². The zero-order chi connectivity index (χ0) is 32.1. The lowest BCUT2D eigenvalue weighted by atomic mass is 10.2. The monoisotopic (exact) mass is 646 g/mol. The van der Waals surface area contributed by atoms with Gasteiger partial charge in [-0.15, -0.1) is 0 Å². The second-order valence-corrected chi connectivity index (χ2v) is 11.2. The number of aromatic nitrogens is 4. The number of hydrogen-bond donors (Lipinski definition) is 1. The van der Waals surface area contributed by atoms with E-state index in [2.05, 4.69) is 20.4 Å². The van der Waals surface area contributed by atoms with Crippen molar-refractivity contribution in [1.29, 1.82) is 0 Å². The van der Waals surface area contributed by atoms with Gasteiger partial charge in [0.05, 0.1) is 63.1 Å². The van der Waals surface area contributed by atoms with Gasteiger partial charge in [-0.05, 0) is 42.3 Å². The summed E-state index contributed by atoms with van der Waals surface area (Å²) in [6.07, 6.45) is -3.88. The lowest BCUT2D eigenvalue weighted by Gasteiger charge is -2.27. The van der Waals surface area contributed by atoms with E-state index in [1.54, 1.807) is 38.3 Å². The highest BCUT2D eigenvalue weighted by Gasteiger charge is 2.38. The number of fused-ring (bicyclic) bond motifs is 1. The smallest absolute Gasteiger partial charge is 0.423 e. The molecule has 0 spiro atoms. The summed E-state index contributed by atoms with van der Waals surface area (Å²) in [5, 5.41) is 11.8. The van der Waals surface area contributed by atoms with Gasteiger partial charge in [0, 0.05) is 25.7 Å². The maximum atomic E-state index is 14.0. The summed E-state index contributed by atoms with van der Waals surface area (Å²) >= 11 is 6.67. The first-order valence-electron chi connectivity index (χ1n) is 14.3. The van der Waals surface area contributed by atoms with E-state index in [9.17, 15) is 18.0 Å². The summed E-state index contributed by atoms with van der Waals surface area (Å²) in [7, 11) is 3.14. The molecule has 240 valence electrons. The van der Waals surface area contributed by atoms with Crippen LogP contribution in [0.1, 0.15) is 35.0 Å². The van der Waals surface area contributed by atoms with E-state index in [0.717, 1.165) is 41.0 Å². The van der Waals surface area contributed by atoms with Gasteiger partial charge in [0.1, 0.15) is 22.8 Å². The minimum absolute atomic E-state index is 0.0361. The predicted molar refractivity (Wildman–Crippen MR) is 163 cm³/mol. The molecule has 3 heterocycles. The molecule has 10 nitrogen and oxygen atoms in total. The fourth-order valence-corrected chi connectivity index (χ4v) is 5.39. The largest absolute Gasteiger partial charge is 0.497 e. The normalized spacial score (nSPS) is 14.2. The van der Waals surface area contributed by atoms with E-state index in [0.29, 0.717) is 35.1 Å². The zero-order valence-corrected chi connectivity index (χ0v) is 25.9. The lowest BCUT2D eigenvalue weighted by molar-refractivity contribution is -0.138.